The molecule has 3 N–H and O–H groups in total. The van der Waals surface area contributed by atoms with Gasteiger partial charge < -0.3 is 10.5 Å². The van der Waals surface area contributed by atoms with Crippen molar-refractivity contribution in [2.75, 3.05) is 19.4 Å². The van der Waals surface area contributed by atoms with Gasteiger partial charge in [-0.2, -0.15) is 0 Å². The number of hydrogen-bond acceptors (Lipinski definition) is 4. The number of nitrogens with two attached hydrogens (primary N) is 1. The number of anilines is 1. The minimum absolute atomic E-state index is 0.116. The van der Waals surface area contributed by atoms with E-state index in [2.05, 4.69) is 4.72 Å². The molecule has 0 radical (unpaired) electrons. The number of rotatable bonds is 7. The van der Waals surface area contributed by atoms with Gasteiger partial charge in [-0.05, 0) is 42.7 Å². The van der Waals surface area contributed by atoms with Gasteiger partial charge >= 0.3 is 0 Å². The molecule has 0 aliphatic rings. The van der Waals surface area contributed by atoms with Crippen LogP contribution in [0.15, 0.2) is 41.3 Å². The molecule has 0 saturated carbocycles. The normalized spacial score (nSPS) is 11.5. The second-order valence-electron chi connectivity index (χ2n) is 5.12. The van der Waals surface area contributed by atoms with Crippen molar-refractivity contribution in [2.45, 2.75) is 17.7 Å². The number of nitrogens with one attached hydrogen (secondary N) is 1. The quantitative estimate of drug-likeness (QED) is 0.590. The molecule has 0 unspecified atom stereocenters. The van der Waals surface area contributed by atoms with Gasteiger partial charge in [0.05, 0.1) is 7.11 Å². The van der Waals surface area contributed by atoms with E-state index in [0.717, 1.165) is 23.4 Å². The van der Waals surface area contributed by atoms with Crippen molar-refractivity contribution < 1.29 is 21.9 Å². The predicted molar refractivity (Wildman–Crippen MR) is 87.3 cm³/mol. The Bertz CT molecular complexity index is 809. The Balaban J connectivity index is 1.94. The van der Waals surface area contributed by atoms with Crippen molar-refractivity contribution in [3.8, 4) is 5.75 Å². The van der Waals surface area contributed by atoms with Gasteiger partial charge in [0.1, 0.15) is 22.1 Å². The van der Waals surface area contributed by atoms with Crippen LogP contribution in [0.5, 0.6) is 5.75 Å². The van der Waals surface area contributed by atoms with Gasteiger partial charge in [0.2, 0.25) is 10.0 Å². The van der Waals surface area contributed by atoms with Crippen molar-refractivity contribution in [3.63, 3.8) is 0 Å². The molecule has 0 aromatic heterocycles. The summed E-state index contributed by atoms with van der Waals surface area (Å²) >= 11 is 0. The van der Waals surface area contributed by atoms with Crippen molar-refractivity contribution in [1.29, 1.82) is 0 Å². The molecular weight excluding hydrogens is 338 g/mol. The van der Waals surface area contributed by atoms with Crippen LogP contribution in [0.1, 0.15) is 12.0 Å². The van der Waals surface area contributed by atoms with Crippen LogP contribution in [0.3, 0.4) is 0 Å². The Kier molecular flexibility index (Phi) is 5.74. The van der Waals surface area contributed by atoms with Crippen LogP contribution in [-0.2, 0) is 16.4 Å². The third-order valence-electron chi connectivity index (χ3n) is 3.47. The summed E-state index contributed by atoms with van der Waals surface area (Å²) < 4.78 is 58.4. The molecule has 0 bridgehead atoms. The van der Waals surface area contributed by atoms with Gasteiger partial charge in [-0.15, -0.1) is 0 Å². The third-order valence-corrected chi connectivity index (χ3v) is 4.95. The molecule has 2 rings (SSSR count). The second-order valence-corrected chi connectivity index (χ2v) is 6.86. The molecule has 0 spiro atoms. The number of aryl methyl sites for hydroxylation is 1. The van der Waals surface area contributed by atoms with Crippen molar-refractivity contribution in [3.05, 3.63) is 53.6 Å². The smallest absolute Gasteiger partial charge is 0.243 e. The number of nitrogen functional groups attached to an aromatic ring is 1. The molecule has 0 aliphatic heterocycles. The molecule has 24 heavy (non-hydrogen) atoms. The van der Waals surface area contributed by atoms with E-state index >= 15 is 0 Å². The van der Waals surface area contributed by atoms with Crippen LogP contribution in [-0.4, -0.2) is 22.1 Å². The first-order valence-electron chi connectivity index (χ1n) is 7.21. The van der Waals surface area contributed by atoms with Gasteiger partial charge in [-0.25, -0.2) is 21.9 Å². The van der Waals surface area contributed by atoms with Crippen LogP contribution in [0.25, 0.3) is 0 Å². The number of hydrogen-bond donors (Lipinski definition) is 2. The monoisotopic (exact) mass is 356 g/mol. The van der Waals surface area contributed by atoms with E-state index in [4.69, 9.17) is 10.5 Å². The summed E-state index contributed by atoms with van der Waals surface area (Å²) in [6.45, 7) is 0.116. The van der Waals surface area contributed by atoms with Gasteiger partial charge in [-0.3, -0.25) is 0 Å². The Morgan fingerprint density at radius 3 is 2.42 bits per heavy atom. The summed E-state index contributed by atoms with van der Waals surface area (Å²) in [6, 6.07) is 9.07. The summed E-state index contributed by atoms with van der Waals surface area (Å²) in [7, 11) is -2.51. The van der Waals surface area contributed by atoms with Crippen LogP contribution < -0.4 is 15.2 Å². The molecular formula is C16H18F2N2O3S. The number of methoxy groups -OCH3 is 1. The minimum atomic E-state index is -4.09. The average Bonchev–Trinajstić information content (AvgIpc) is 2.57. The zero-order chi connectivity index (χ0) is 17.7. The zero-order valence-corrected chi connectivity index (χ0v) is 13.9. The number of halogens is 2. The fraction of sp³-hybridized carbons (Fsp3) is 0.250. The van der Waals surface area contributed by atoms with E-state index in [0.29, 0.717) is 12.8 Å². The zero-order valence-electron chi connectivity index (χ0n) is 13.1. The fourth-order valence-electron chi connectivity index (χ4n) is 2.13. The van der Waals surface area contributed by atoms with Gasteiger partial charge in [0, 0.05) is 6.54 Å². The Morgan fingerprint density at radius 1 is 1.12 bits per heavy atom. The Morgan fingerprint density at radius 2 is 1.79 bits per heavy atom. The first-order valence-corrected chi connectivity index (χ1v) is 8.69. The van der Waals surface area contributed by atoms with Crippen LogP contribution in [0, 0.1) is 11.6 Å². The lowest BCUT2D eigenvalue weighted by Gasteiger charge is -2.09. The van der Waals surface area contributed by atoms with Crippen molar-refractivity contribution in [1.82, 2.24) is 4.72 Å². The Labute approximate surface area is 139 Å². The molecule has 8 heteroatoms. The SMILES string of the molecule is COc1ccc(CCCNS(=O)(=O)c2ccc(F)c(N)c2F)cc1. The van der Waals surface area contributed by atoms with Crippen molar-refractivity contribution >= 4 is 15.7 Å². The standard InChI is InChI=1S/C16H18F2N2O3S/c1-23-12-6-4-11(5-7-12)3-2-10-20-24(21,22)14-9-8-13(17)16(19)15(14)18/h4-9,20H,2-3,10,19H2,1H3. The molecule has 130 valence electrons. The largest absolute Gasteiger partial charge is 0.497 e. The van der Waals surface area contributed by atoms with Gasteiger partial charge in [-0.1, -0.05) is 12.1 Å². The molecule has 0 amide bonds. The summed E-state index contributed by atoms with van der Waals surface area (Å²) in [5.74, 6) is -1.53. The summed E-state index contributed by atoms with van der Waals surface area (Å²) in [5, 5.41) is 0. The minimum Gasteiger partial charge on any atom is -0.497 e. The van der Waals surface area contributed by atoms with E-state index in [1.807, 2.05) is 24.3 Å². The number of sulfonamides is 1. The maximum Gasteiger partial charge on any atom is 0.243 e. The summed E-state index contributed by atoms with van der Waals surface area (Å²) in [4.78, 5) is -0.661. The van der Waals surface area contributed by atoms with E-state index in [1.165, 1.54) is 0 Å². The number of benzene rings is 2. The van der Waals surface area contributed by atoms with Crippen molar-refractivity contribution in [2.24, 2.45) is 0 Å². The fourth-order valence-corrected chi connectivity index (χ4v) is 3.29. The molecule has 0 fully saturated rings. The number of ether oxygens (including phenoxy) is 1. The molecule has 0 atom stereocenters. The van der Waals surface area contributed by atoms with E-state index in [9.17, 15) is 17.2 Å². The molecule has 0 heterocycles. The van der Waals surface area contributed by atoms with Crippen LogP contribution in [0.2, 0.25) is 0 Å². The Hall–Kier alpha value is -2.19. The van der Waals surface area contributed by atoms with Crippen LogP contribution >= 0.6 is 0 Å². The maximum absolute atomic E-state index is 13.8. The van der Waals surface area contributed by atoms with Gasteiger partial charge in [0.15, 0.2) is 5.82 Å². The van der Waals surface area contributed by atoms with E-state index in [1.54, 1.807) is 7.11 Å². The highest BCUT2D eigenvalue weighted by atomic mass is 32.2. The lowest BCUT2D eigenvalue weighted by molar-refractivity contribution is 0.414. The highest BCUT2D eigenvalue weighted by Gasteiger charge is 2.22. The highest BCUT2D eigenvalue weighted by Crippen LogP contribution is 2.22. The molecule has 0 saturated heterocycles. The van der Waals surface area contributed by atoms with E-state index in [-0.39, 0.29) is 6.54 Å². The average molecular weight is 356 g/mol. The molecule has 0 aliphatic carbocycles. The topological polar surface area (TPSA) is 81.4 Å². The van der Waals surface area contributed by atoms with Crippen LogP contribution in [0.4, 0.5) is 14.5 Å². The lowest BCUT2D eigenvalue weighted by Crippen LogP contribution is -2.26. The predicted octanol–water partition coefficient (Wildman–Crippen LogP) is 2.47. The van der Waals surface area contributed by atoms with E-state index < -0.39 is 32.2 Å². The third kappa shape index (κ3) is 4.21. The summed E-state index contributed by atoms with van der Waals surface area (Å²) in [6.07, 6.45) is 1.16. The lowest BCUT2D eigenvalue weighted by atomic mass is 10.1. The molecule has 5 nitrogen and oxygen atoms in total. The first kappa shape index (κ1) is 18.2. The highest BCUT2D eigenvalue weighted by molar-refractivity contribution is 7.89. The van der Waals surface area contributed by atoms with Gasteiger partial charge in [0.25, 0.3) is 0 Å². The molecule has 2 aromatic rings. The second kappa shape index (κ2) is 7.59. The summed E-state index contributed by atoms with van der Waals surface area (Å²) in [5.41, 5.74) is 5.39. The maximum atomic E-state index is 13.8. The molecule has 2 aromatic carbocycles. The first-order chi connectivity index (χ1) is 11.3.